The zero-order valence-corrected chi connectivity index (χ0v) is 16.6. The van der Waals surface area contributed by atoms with Crippen LogP contribution in [0.1, 0.15) is 24.2 Å². The van der Waals surface area contributed by atoms with Crippen LogP contribution in [0.15, 0.2) is 65.7 Å². The normalized spacial score (nSPS) is 17.8. The topological polar surface area (TPSA) is 63.7 Å². The van der Waals surface area contributed by atoms with Crippen LogP contribution in [0.2, 0.25) is 0 Å². The first kappa shape index (κ1) is 19.9. The number of carbonyl (C=O) groups excluding carboxylic acids is 3. The van der Waals surface area contributed by atoms with Crippen LogP contribution in [0.25, 0.3) is 11.1 Å². The van der Waals surface area contributed by atoms with Crippen LogP contribution in [0.3, 0.4) is 0 Å². The van der Waals surface area contributed by atoms with Gasteiger partial charge in [-0.1, -0.05) is 66.4 Å². The highest BCUT2D eigenvalue weighted by Gasteiger charge is 2.35. The van der Waals surface area contributed by atoms with Crippen molar-refractivity contribution in [2.24, 2.45) is 0 Å². The third-order valence-electron chi connectivity index (χ3n) is 4.32. The van der Waals surface area contributed by atoms with E-state index in [1.807, 2.05) is 42.5 Å². The van der Waals surface area contributed by atoms with Crippen LogP contribution in [0, 0.1) is 0 Å². The molecule has 0 spiro atoms. The number of hydrogen-bond donors (Lipinski definition) is 0. The average molecular weight is 395 g/mol. The average Bonchev–Trinajstić information content (AvgIpc) is 2.96. The lowest BCUT2D eigenvalue weighted by Crippen LogP contribution is -2.33. The molecule has 1 saturated heterocycles. The molecule has 5 nitrogen and oxygen atoms in total. The molecule has 0 aliphatic carbocycles. The van der Waals surface area contributed by atoms with Gasteiger partial charge in [0.1, 0.15) is 0 Å². The number of thioether (sulfide) groups is 1. The fraction of sp³-hybridized carbons (Fsp3) is 0.227. The smallest absolute Gasteiger partial charge is 0.333 e. The van der Waals surface area contributed by atoms with E-state index >= 15 is 0 Å². The first-order valence-electron chi connectivity index (χ1n) is 9.04. The lowest BCUT2D eigenvalue weighted by molar-refractivity contribution is -0.137. The fourth-order valence-corrected chi connectivity index (χ4v) is 3.93. The maximum atomic E-state index is 12.7. The number of hydrogen-bond acceptors (Lipinski definition) is 5. The Bertz CT molecular complexity index is 906. The Morgan fingerprint density at radius 2 is 1.71 bits per heavy atom. The Balaban J connectivity index is 1.75. The highest BCUT2D eigenvalue weighted by molar-refractivity contribution is 8.04. The molecule has 0 aromatic heterocycles. The second-order valence-electron chi connectivity index (χ2n) is 6.29. The first-order valence-corrected chi connectivity index (χ1v) is 9.92. The number of rotatable bonds is 6. The summed E-state index contributed by atoms with van der Waals surface area (Å²) in [6.45, 7) is 3.62. The van der Waals surface area contributed by atoms with Crippen molar-refractivity contribution in [3.63, 3.8) is 0 Å². The summed E-state index contributed by atoms with van der Waals surface area (Å²) < 4.78 is 4.92. The fourth-order valence-electron chi connectivity index (χ4n) is 2.89. The minimum Gasteiger partial charge on any atom is -0.463 e. The van der Waals surface area contributed by atoms with E-state index in [0.29, 0.717) is 10.6 Å². The number of nitrogens with zero attached hydrogens (tertiary/aromatic N) is 1. The van der Waals surface area contributed by atoms with E-state index < -0.39 is 5.97 Å². The van der Waals surface area contributed by atoms with Gasteiger partial charge in [0, 0.05) is 5.56 Å². The van der Waals surface area contributed by atoms with Crippen molar-refractivity contribution >= 4 is 29.4 Å². The molecule has 1 atom stereocenters. The Morgan fingerprint density at radius 3 is 2.36 bits per heavy atom. The van der Waals surface area contributed by atoms with Gasteiger partial charge in [-0.05, 0) is 25.0 Å². The van der Waals surface area contributed by atoms with E-state index in [1.165, 1.54) is 22.7 Å². The van der Waals surface area contributed by atoms with Crippen molar-refractivity contribution in [1.82, 2.24) is 4.90 Å². The van der Waals surface area contributed by atoms with Crippen molar-refractivity contribution in [2.75, 3.05) is 13.2 Å². The van der Waals surface area contributed by atoms with Gasteiger partial charge < -0.3 is 4.74 Å². The molecule has 1 heterocycles. The number of ether oxygens (including phenoxy) is 1. The second-order valence-corrected chi connectivity index (χ2v) is 7.65. The van der Waals surface area contributed by atoms with Crippen molar-refractivity contribution in [3.8, 4) is 11.1 Å². The number of amides is 1. The monoisotopic (exact) mass is 395 g/mol. The SMILES string of the molecule is CCOC(=O)/C=C1\SC(C)C(=O)N1CC(=O)c1ccc(-c2ccccc2)cc1. The summed E-state index contributed by atoms with van der Waals surface area (Å²) in [6, 6.07) is 17.2. The van der Waals surface area contributed by atoms with Crippen molar-refractivity contribution in [2.45, 2.75) is 19.1 Å². The lowest BCUT2D eigenvalue weighted by atomic mass is 10.0. The minimum atomic E-state index is -0.517. The second kappa shape index (κ2) is 8.89. The number of ketones is 1. The largest absolute Gasteiger partial charge is 0.463 e. The minimum absolute atomic E-state index is 0.105. The Kier molecular flexibility index (Phi) is 6.31. The van der Waals surface area contributed by atoms with Gasteiger partial charge in [-0.3, -0.25) is 14.5 Å². The van der Waals surface area contributed by atoms with Gasteiger partial charge in [-0.2, -0.15) is 0 Å². The van der Waals surface area contributed by atoms with Crippen molar-refractivity contribution in [1.29, 1.82) is 0 Å². The van der Waals surface area contributed by atoms with Crippen LogP contribution < -0.4 is 0 Å². The quantitative estimate of drug-likeness (QED) is 0.422. The summed E-state index contributed by atoms with van der Waals surface area (Å²) in [6.07, 6.45) is 1.28. The predicted octanol–water partition coefficient (Wildman–Crippen LogP) is 3.90. The van der Waals surface area contributed by atoms with Crippen LogP contribution >= 0.6 is 11.8 Å². The number of Topliss-reactive ketones (excluding diaryl/α,β-unsaturated/α-hetero) is 1. The van der Waals surface area contributed by atoms with E-state index in [-0.39, 0.29) is 30.1 Å². The molecule has 1 aliphatic heterocycles. The van der Waals surface area contributed by atoms with Crippen LogP contribution in [0.5, 0.6) is 0 Å². The number of benzene rings is 2. The van der Waals surface area contributed by atoms with E-state index in [9.17, 15) is 14.4 Å². The molecule has 0 bridgehead atoms. The highest BCUT2D eigenvalue weighted by Crippen LogP contribution is 2.35. The van der Waals surface area contributed by atoms with Gasteiger partial charge >= 0.3 is 5.97 Å². The molecule has 144 valence electrons. The van der Waals surface area contributed by atoms with E-state index in [4.69, 9.17) is 4.74 Å². The zero-order chi connectivity index (χ0) is 20.1. The Morgan fingerprint density at radius 1 is 1.07 bits per heavy atom. The summed E-state index contributed by atoms with van der Waals surface area (Å²) >= 11 is 1.26. The molecular weight excluding hydrogens is 374 g/mol. The molecule has 0 N–H and O–H groups in total. The molecule has 3 rings (SSSR count). The molecule has 1 aliphatic rings. The zero-order valence-electron chi connectivity index (χ0n) is 15.8. The van der Waals surface area contributed by atoms with E-state index in [0.717, 1.165) is 11.1 Å². The van der Waals surface area contributed by atoms with Crippen LogP contribution in [-0.4, -0.2) is 41.0 Å². The van der Waals surface area contributed by atoms with Gasteiger partial charge in [0.15, 0.2) is 5.78 Å². The summed E-state index contributed by atoms with van der Waals surface area (Å²) in [5.41, 5.74) is 2.61. The molecule has 2 aromatic carbocycles. The highest BCUT2D eigenvalue weighted by atomic mass is 32.2. The third kappa shape index (κ3) is 4.51. The van der Waals surface area contributed by atoms with Gasteiger partial charge in [0.2, 0.25) is 5.91 Å². The van der Waals surface area contributed by atoms with Gasteiger partial charge in [-0.25, -0.2) is 4.79 Å². The molecular formula is C22H21NO4S. The summed E-state index contributed by atoms with van der Waals surface area (Å²) in [7, 11) is 0. The lowest BCUT2D eigenvalue weighted by Gasteiger charge is -2.16. The molecule has 0 saturated carbocycles. The standard InChI is InChI=1S/C22H21NO4S/c1-3-27-21(25)13-20-23(22(26)15(2)28-20)14-19(24)18-11-9-17(10-12-18)16-7-5-4-6-8-16/h4-13,15H,3,14H2,1-2H3/b20-13-. The number of esters is 1. The molecule has 1 unspecified atom stereocenters. The molecule has 2 aromatic rings. The van der Waals surface area contributed by atoms with Crippen LogP contribution in [-0.2, 0) is 14.3 Å². The maximum Gasteiger partial charge on any atom is 0.333 e. The Hall–Kier alpha value is -2.86. The Labute approximate surface area is 168 Å². The van der Waals surface area contributed by atoms with Crippen molar-refractivity contribution < 1.29 is 19.1 Å². The summed E-state index contributed by atoms with van der Waals surface area (Å²) in [5.74, 6) is -0.885. The molecule has 28 heavy (non-hydrogen) atoms. The maximum absolute atomic E-state index is 12.7. The molecule has 0 radical (unpaired) electrons. The molecule has 6 heteroatoms. The predicted molar refractivity (Wildman–Crippen MR) is 110 cm³/mol. The van der Waals surface area contributed by atoms with Crippen LogP contribution in [0.4, 0.5) is 0 Å². The van der Waals surface area contributed by atoms with E-state index in [1.54, 1.807) is 26.0 Å². The summed E-state index contributed by atoms with van der Waals surface area (Å²) in [4.78, 5) is 38.2. The van der Waals surface area contributed by atoms with Gasteiger partial charge in [0.05, 0.1) is 29.5 Å². The molecule has 1 fully saturated rings. The van der Waals surface area contributed by atoms with Gasteiger partial charge in [0.25, 0.3) is 0 Å². The van der Waals surface area contributed by atoms with Crippen molar-refractivity contribution in [3.05, 3.63) is 71.3 Å². The first-order chi connectivity index (χ1) is 13.5. The number of carbonyl (C=O) groups is 3. The molecule has 1 amide bonds. The van der Waals surface area contributed by atoms with Gasteiger partial charge in [-0.15, -0.1) is 0 Å². The third-order valence-corrected chi connectivity index (χ3v) is 5.46. The summed E-state index contributed by atoms with van der Waals surface area (Å²) in [5, 5.41) is 0.110. The van der Waals surface area contributed by atoms with E-state index in [2.05, 4.69) is 0 Å².